The molecule has 0 aromatic carbocycles. The first-order chi connectivity index (χ1) is 6.79. The molecule has 0 radical (unpaired) electrons. The van der Waals surface area contributed by atoms with Gasteiger partial charge in [-0.25, -0.2) is 4.98 Å². The van der Waals surface area contributed by atoms with Crippen molar-refractivity contribution in [1.29, 1.82) is 0 Å². The Balaban J connectivity index is 2.04. The van der Waals surface area contributed by atoms with Crippen molar-refractivity contribution in [3.05, 3.63) is 11.2 Å². The molecule has 1 saturated carbocycles. The second kappa shape index (κ2) is 4.00. The van der Waals surface area contributed by atoms with Crippen LogP contribution in [0.15, 0.2) is 6.20 Å². The quantitative estimate of drug-likeness (QED) is 0.831. The highest BCUT2D eigenvalue weighted by molar-refractivity contribution is 6.31. The van der Waals surface area contributed by atoms with Crippen LogP contribution < -0.4 is 10.1 Å². The van der Waals surface area contributed by atoms with Crippen molar-refractivity contribution >= 4 is 17.5 Å². The van der Waals surface area contributed by atoms with Gasteiger partial charge < -0.3 is 10.1 Å². The number of halogens is 1. The molecule has 2 rings (SSSR count). The van der Waals surface area contributed by atoms with Crippen molar-refractivity contribution in [1.82, 2.24) is 9.97 Å². The zero-order valence-corrected chi connectivity index (χ0v) is 8.71. The van der Waals surface area contributed by atoms with E-state index in [4.69, 9.17) is 16.3 Å². The Labute approximate surface area is 87.7 Å². The van der Waals surface area contributed by atoms with Gasteiger partial charge in [-0.05, 0) is 18.8 Å². The Bertz CT molecular complexity index is 328. The van der Waals surface area contributed by atoms with E-state index < -0.39 is 0 Å². The minimum atomic E-state index is 0.463. The standard InChI is InChI=1S/C9H12ClN3O/c1-11-9-12-4-7(10)8(13-9)14-5-6-2-3-6/h4,6H,2-3,5H2,1H3,(H,11,12,13). The second-order valence-corrected chi connectivity index (χ2v) is 3.76. The van der Waals surface area contributed by atoms with E-state index in [0.29, 0.717) is 29.4 Å². The van der Waals surface area contributed by atoms with E-state index in [2.05, 4.69) is 15.3 Å². The zero-order chi connectivity index (χ0) is 9.97. The van der Waals surface area contributed by atoms with Crippen LogP contribution >= 0.6 is 11.6 Å². The summed E-state index contributed by atoms with van der Waals surface area (Å²) in [5.74, 6) is 1.69. The lowest BCUT2D eigenvalue weighted by molar-refractivity contribution is 0.288. The lowest BCUT2D eigenvalue weighted by Gasteiger charge is -2.06. The van der Waals surface area contributed by atoms with E-state index in [1.165, 1.54) is 12.8 Å². The molecule has 4 nitrogen and oxygen atoms in total. The summed E-state index contributed by atoms with van der Waals surface area (Å²) in [6.07, 6.45) is 4.05. The molecule has 0 spiro atoms. The summed E-state index contributed by atoms with van der Waals surface area (Å²) in [5, 5.41) is 3.30. The molecule has 1 fully saturated rings. The molecule has 1 aliphatic carbocycles. The van der Waals surface area contributed by atoms with Crippen LogP contribution in [-0.4, -0.2) is 23.6 Å². The summed E-state index contributed by atoms with van der Waals surface area (Å²) >= 11 is 5.88. The van der Waals surface area contributed by atoms with Crippen LogP contribution in [0.1, 0.15) is 12.8 Å². The predicted octanol–water partition coefficient (Wildman–Crippen LogP) is 1.96. The fraction of sp³-hybridized carbons (Fsp3) is 0.556. The highest BCUT2D eigenvalue weighted by Crippen LogP contribution is 2.30. The fourth-order valence-corrected chi connectivity index (χ4v) is 1.20. The highest BCUT2D eigenvalue weighted by atomic mass is 35.5. The molecule has 0 unspecified atom stereocenters. The maximum Gasteiger partial charge on any atom is 0.237 e. The van der Waals surface area contributed by atoms with Gasteiger partial charge in [-0.2, -0.15) is 4.98 Å². The fourth-order valence-electron chi connectivity index (χ4n) is 1.05. The van der Waals surface area contributed by atoms with Gasteiger partial charge in [0, 0.05) is 7.05 Å². The van der Waals surface area contributed by atoms with Gasteiger partial charge in [0.05, 0.1) is 12.8 Å². The summed E-state index contributed by atoms with van der Waals surface area (Å²) in [6, 6.07) is 0. The molecule has 1 N–H and O–H groups in total. The Morgan fingerprint density at radius 2 is 2.43 bits per heavy atom. The van der Waals surface area contributed by atoms with Gasteiger partial charge >= 0.3 is 0 Å². The minimum absolute atomic E-state index is 0.463. The normalized spacial score (nSPS) is 15.3. The third-order valence-electron chi connectivity index (χ3n) is 2.09. The second-order valence-electron chi connectivity index (χ2n) is 3.35. The molecule has 0 aliphatic heterocycles. The molecular formula is C9H12ClN3O. The van der Waals surface area contributed by atoms with Crippen LogP contribution in [0.4, 0.5) is 5.95 Å². The van der Waals surface area contributed by atoms with Crippen molar-refractivity contribution in [2.75, 3.05) is 19.0 Å². The van der Waals surface area contributed by atoms with Crippen molar-refractivity contribution in [2.24, 2.45) is 5.92 Å². The van der Waals surface area contributed by atoms with E-state index in [9.17, 15) is 0 Å². The lowest BCUT2D eigenvalue weighted by Crippen LogP contribution is -2.04. The Kier molecular flexibility index (Phi) is 2.72. The maximum atomic E-state index is 5.88. The van der Waals surface area contributed by atoms with Crippen molar-refractivity contribution in [3.8, 4) is 5.88 Å². The summed E-state index contributed by atoms with van der Waals surface area (Å²) in [7, 11) is 1.76. The Morgan fingerprint density at radius 3 is 3.07 bits per heavy atom. The first kappa shape index (κ1) is 9.52. The van der Waals surface area contributed by atoms with Gasteiger partial charge in [-0.15, -0.1) is 0 Å². The number of nitrogens with zero attached hydrogens (tertiary/aromatic N) is 2. The third kappa shape index (κ3) is 2.26. The molecule has 1 aromatic heterocycles. The number of nitrogens with one attached hydrogen (secondary N) is 1. The minimum Gasteiger partial charge on any atom is -0.476 e. The van der Waals surface area contributed by atoms with Crippen LogP contribution in [0.3, 0.4) is 0 Å². The summed E-state index contributed by atoms with van der Waals surface area (Å²) < 4.78 is 5.48. The average Bonchev–Trinajstić information content (AvgIpc) is 3.00. The average molecular weight is 214 g/mol. The van der Waals surface area contributed by atoms with Crippen LogP contribution in [0.25, 0.3) is 0 Å². The molecule has 1 aromatic rings. The number of aromatic nitrogens is 2. The SMILES string of the molecule is CNc1ncc(Cl)c(OCC2CC2)n1. The smallest absolute Gasteiger partial charge is 0.237 e. The highest BCUT2D eigenvalue weighted by Gasteiger charge is 2.22. The molecule has 0 atom stereocenters. The number of anilines is 1. The van der Waals surface area contributed by atoms with Crippen LogP contribution in [0, 0.1) is 5.92 Å². The van der Waals surface area contributed by atoms with Crippen molar-refractivity contribution in [3.63, 3.8) is 0 Å². The van der Waals surface area contributed by atoms with Gasteiger partial charge in [0.2, 0.25) is 11.8 Å². The summed E-state index contributed by atoms with van der Waals surface area (Å²) in [4.78, 5) is 8.08. The zero-order valence-electron chi connectivity index (χ0n) is 7.96. The first-order valence-electron chi connectivity index (χ1n) is 4.62. The largest absolute Gasteiger partial charge is 0.476 e. The Hall–Kier alpha value is -1.03. The lowest BCUT2D eigenvalue weighted by atomic mass is 10.5. The van der Waals surface area contributed by atoms with Gasteiger partial charge in [-0.1, -0.05) is 11.6 Å². The van der Waals surface area contributed by atoms with Crippen LogP contribution in [0.5, 0.6) is 5.88 Å². The van der Waals surface area contributed by atoms with E-state index in [0.717, 1.165) is 0 Å². The topological polar surface area (TPSA) is 47.0 Å². The predicted molar refractivity (Wildman–Crippen MR) is 54.8 cm³/mol. The first-order valence-corrected chi connectivity index (χ1v) is 5.00. The summed E-state index contributed by atoms with van der Waals surface area (Å²) in [6.45, 7) is 0.708. The number of hydrogen-bond acceptors (Lipinski definition) is 4. The van der Waals surface area contributed by atoms with E-state index in [1.807, 2.05) is 0 Å². The third-order valence-corrected chi connectivity index (χ3v) is 2.35. The van der Waals surface area contributed by atoms with Crippen LogP contribution in [0.2, 0.25) is 5.02 Å². The van der Waals surface area contributed by atoms with Gasteiger partial charge in [-0.3, -0.25) is 0 Å². The Morgan fingerprint density at radius 1 is 1.64 bits per heavy atom. The maximum absolute atomic E-state index is 5.88. The molecule has 76 valence electrons. The van der Waals surface area contributed by atoms with E-state index >= 15 is 0 Å². The molecule has 0 bridgehead atoms. The van der Waals surface area contributed by atoms with Crippen molar-refractivity contribution in [2.45, 2.75) is 12.8 Å². The monoisotopic (exact) mass is 213 g/mol. The van der Waals surface area contributed by atoms with E-state index in [-0.39, 0.29) is 0 Å². The molecule has 1 aliphatic rings. The number of hydrogen-bond donors (Lipinski definition) is 1. The number of rotatable bonds is 4. The van der Waals surface area contributed by atoms with Crippen LogP contribution in [-0.2, 0) is 0 Å². The van der Waals surface area contributed by atoms with Gasteiger partial charge in [0.1, 0.15) is 5.02 Å². The molecule has 1 heterocycles. The molecule has 0 saturated heterocycles. The van der Waals surface area contributed by atoms with Crippen molar-refractivity contribution < 1.29 is 4.74 Å². The van der Waals surface area contributed by atoms with E-state index in [1.54, 1.807) is 13.2 Å². The van der Waals surface area contributed by atoms with Gasteiger partial charge in [0.15, 0.2) is 0 Å². The molecular weight excluding hydrogens is 202 g/mol. The number of ether oxygens (including phenoxy) is 1. The molecule has 5 heteroatoms. The summed E-state index contributed by atoms with van der Waals surface area (Å²) in [5.41, 5.74) is 0. The molecule has 0 amide bonds. The molecule has 14 heavy (non-hydrogen) atoms. The van der Waals surface area contributed by atoms with Gasteiger partial charge in [0.25, 0.3) is 0 Å².